The van der Waals surface area contributed by atoms with E-state index in [1.54, 1.807) is 13.8 Å². The van der Waals surface area contributed by atoms with Crippen molar-refractivity contribution in [3.05, 3.63) is 58.7 Å². The lowest BCUT2D eigenvalue weighted by Gasteiger charge is -2.12. The van der Waals surface area contributed by atoms with E-state index >= 15 is 0 Å². The average molecular weight is 667 g/mol. The first-order chi connectivity index (χ1) is 23.1. The molecule has 10 nitrogen and oxygen atoms in total. The molecule has 0 spiro atoms. The maximum absolute atomic E-state index is 13.2. The number of Topliss-reactive ketones (excluding diaryl/α,β-unsaturated/α-hetero) is 2. The molecule has 0 aromatic heterocycles. The molecule has 0 aliphatic heterocycles. The smallest absolute Gasteiger partial charge is 0.390 e. The van der Waals surface area contributed by atoms with Gasteiger partial charge in [-0.15, -0.1) is 0 Å². The van der Waals surface area contributed by atoms with Crippen LogP contribution in [0.3, 0.4) is 0 Å². The molecule has 0 unspecified atom stereocenters. The first-order valence-corrected chi connectivity index (χ1v) is 17.3. The Morgan fingerprint density at radius 1 is 0.458 bits per heavy atom. The van der Waals surface area contributed by atoms with Gasteiger partial charge in [-0.3, -0.25) is 19.2 Å². The quantitative estimate of drug-likeness (QED) is 0.0298. The molecule has 0 N–H and O–H groups in total. The van der Waals surface area contributed by atoms with E-state index in [-0.39, 0.29) is 71.0 Å². The predicted octanol–water partition coefficient (Wildman–Crippen LogP) is 9.11. The second kappa shape index (κ2) is 22.3. The minimum absolute atomic E-state index is 0.0925. The molecule has 2 rings (SSSR count). The number of ketones is 2. The lowest BCUT2D eigenvalue weighted by molar-refractivity contribution is -0.187. The fourth-order valence-electron chi connectivity index (χ4n) is 4.89. The van der Waals surface area contributed by atoms with Crippen LogP contribution in [-0.4, -0.2) is 35.4 Å². The molecule has 0 bridgehead atoms. The van der Waals surface area contributed by atoms with Crippen molar-refractivity contribution in [1.29, 1.82) is 0 Å². The van der Waals surface area contributed by atoms with E-state index in [0.717, 1.165) is 51.4 Å². The molecule has 2 aromatic carbocycles. The van der Waals surface area contributed by atoms with Crippen LogP contribution in [0.4, 0.5) is 0 Å². The van der Waals surface area contributed by atoms with Gasteiger partial charge in [0.2, 0.25) is 0 Å². The summed E-state index contributed by atoms with van der Waals surface area (Å²) in [5, 5.41) is 0. The zero-order valence-corrected chi connectivity index (χ0v) is 28.9. The molecule has 0 amide bonds. The summed E-state index contributed by atoms with van der Waals surface area (Å²) in [4.78, 5) is 86.5. The second-order valence-corrected chi connectivity index (χ2v) is 11.8. The summed E-state index contributed by atoms with van der Waals surface area (Å²) < 4.78 is 10.7. The van der Waals surface area contributed by atoms with Crippen LogP contribution in [0.5, 0.6) is 11.5 Å². The topological polar surface area (TPSA) is 139 Å². The molecule has 10 heteroatoms. The van der Waals surface area contributed by atoms with Crippen molar-refractivity contribution in [2.75, 3.05) is 0 Å². The van der Waals surface area contributed by atoms with E-state index in [1.807, 2.05) is 0 Å². The molecule has 0 atom stereocenters. The minimum atomic E-state index is -1.19. The van der Waals surface area contributed by atoms with Crippen molar-refractivity contribution in [1.82, 2.24) is 0 Å². The van der Waals surface area contributed by atoms with Crippen LogP contribution in [0, 0.1) is 0 Å². The van der Waals surface area contributed by atoms with Gasteiger partial charge in [-0.05, 0) is 62.1 Å². The number of rotatable bonds is 22. The highest BCUT2D eigenvalue weighted by Gasteiger charge is 2.25. The summed E-state index contributed by atoms with van der Waals surface area (Å²) in [6.45, 7) is 7.80. The summed E-state index contributed by atoms with van der Waals surface area (Å²) in [7, 11) is 0. The normalized spacial score (nSPS) is 10.7. The van der Waals surface area contributed by atoms with Crippen molar-refractivity contribution in [3.63, 3.8) is 0 Å². The summed E-state index contributed by atoms with van der Waals surface area (Å²) in [5.74, 6) is -4.28. The largest absolute Gasteiger partial charge is 0.426 e. The summed E-state index contributed by atoms with van der Waals surface area (Å²) >= 11 is 0. The van der Waals surface area contributed by atoms with E-state index in [2.05, 4.69) is 13.8 Å². The van der Waals surface area contributed by atoms with E-state index in [4.69, 9.17) is 19.2 Å². The van der Waals surface area contributed by atoms with Crippen LogP contribution >= 0.6 is 0 Å². The Labute approximate surface area is 283 Å². The highest BCUT2D eigenvalue weighted by molar-refractivity contribution is 6.02. The Bertz CT molecular complexity index is 1290. The van der Waals surface area contributed by atoms with Crippen molar-refractivity contribution >= 4 is 35.4 Å². The number of hydrogen-bond donors (Lipinski definition) is 0. The predicted molar refractivity (Wildman–Crippen MR) is 180 cm³/mol. The standard InChI is InChI=1S/C38H50O10/c1-5-9-11-13-15-19-31(39)27-21-23-33(45-35(41)17-7-3)29(25-27)37(43)47-48-38(44)30-26-28(32(40)20-16-14-12-10-6-2)22-24-34(30)46-36(42)18-8-4/h21-26H,5-20H2,1-4H3. The summed E-state index contributed by atoms with van der Waals surface area (Å²) in [5.41, 5.74) is -0.147. The third-order valence-electron chi connectivity index (χ3n) is 7.61. The fourth-order valence-corrected chi connectivity index (χ4v) is 4.89. The Morgan fingerprint density at radius 2 is 0.833 bits per heavy atom. The molecule has 0 fully saturated rings. The lowest BCUT2D eigenvalue weighted by Crippen LogP contribution is -2.17. The van der Waals surface area contributed by atoms with Crippen LogP contribution in [0.25, 0.3) is 0 Å². The average Bonchev–Trinajstić information content (AvgIpc) is 3.07. The number of benzene rings is 2. The molecular weight excluding hydrogens is 616 g/mol. The van der Waals surface area contributed by atoms with Crippen LogP contribution in [0.1, 0.15) is 172 Å². The molecule has 0 aliphatic carbocycles. The Hall–Kier alpha value is -4.34. The van der Waals surface area contributed by atoms with E-state index in [1.165, 1.54) is 36.4 Å². The summed E-state index contributed by atoms with van der Waals surface area (Å²) in [6, 6.07) is 8.09. The highest BCUT2D eigenvalue weighted by Crippen LogP contribution is 2.26. The molecule has 0 aliphatic rings. The van der Waals surface area contributed by atoms with Crippen LogP contribution < -0.4 is 9.47 Å². The van der Waals surface area contributed by atoms with Gasteiger partial charge in [-0.1, -0.05) is 79.1 Å². The van der Waals surface area contributed by atoms with Gasteiger partial charge < -0.3 is 9.47 Å². The van der Waals surface area contributed by atoms with Crippen LogP contribution in [0.2, 0.25) is 0 Å². The SMILES string of the molecule is CCCCCCCC(=O)c1ccc(OC(=O)CCC)c(C(=O)OOC(=O)c2cc(C(=O)CCCCCCC)ccc2OC(=O)CCC)c1. The van der Waals surface area contributed by atoms with Crippen molar-refractivity contribution in [3.8, 4) is 11.5 Å². The van der Waals surface area contributed by atoms with Gasteiger partial charge in [0, 0.05) is 36.8 Å². The number of hydrogen-bond acceptors (Lipinski definition) is 10. The van der Waals surface area contributed by atoms with Gasteiger partial charge in [-0.2, -0.15) is 0 Å². The molecule has 0 heterocycles. The van der Waals surface area contributed by atoms with Gasteiger partial charge in [0.15, 0.2) is 11.6 Å². The Kier molecular flexibility index (Phi) is 18.5. The first-order valence-electron chi connectivity index (χ1n) is 17.3. The Morgan fingerprint density at radius 3 is 1.19 bits per heavy atom. The first kappa shape index (κ1) is 39.8. The molecular formula is C38H50O10. The third-order valence-corrected chi connectivity index (χ3v) is 7.61. The fraction of sp³-hybridized carbons (Fsp3) is 0.526. The number of ether oxygens (including phenoxy) is 2. The van der Waals surface area contributed by atoms with E-state index in [9.17, 15) is 28.8 Å². The van der Waals surface area contributed by atoms with Gasteiger partial charge in [0.1, 0.15) is 22.6 Å². The van der Waals surface area contributed by atoms with E-state index < -0.39 is 23.9 Å². The van der Waals surface area contributed by atoms with Crippen molar-refractivity contribution < 1.29 is 48.0 Å². The van der Waals surface area contributed by atoms with Crippen LogP contribution in [-0.2, 0) is 19.4 Å². The maximum Gasteiger partial charge on any atom is 0.390 e. The number of carbonyl (C=O) groups excluding carboxylic acids is 6. The van der Waals surface area contributed by atoms with Gasteiger partial charge >= 0.3 is 23.9 Å². The van der Waals surface area contributed by atoms with Gasteiger partial charge in [0.25, 0.3) is 0 Å². The number of esters is 2. The summed E-state index contributed by atoms with van der Waals surface area (Å²) in [6.07, 6.45) is 11.3. The third kappa shape index (κ3) is 13.8. The minimum Gasteiger partial charge on any atom is -0.426 e. The molecule has 48 heavy (non-hydrogen) atoms. The Balaban J connectivity index is 2.28. The highest BCUT2D eigenvalue weighted by atomic mass is 17.2. The van der Waals surface area contributed by atoms with Gasteiger partial charge in [-0.25, -0.2) is 19.4 Å². The molecule has 0 saturated carbocycles. The molecule has 262 valence electrons. The molecule has 0 radical (unpaired) electrons. The monoisotopic (exact) mass is 666 g/mol. The van der Waals surface area contributed by atoms with Gasteiger partial charge in [0.05, 0.1) is 0 Å². The maximum atomic E-state index is 13.2. The van der Waals surface area contributed by atoms with Crippen molar-refractivity contribution in [2.24, 2.45) is 0 Å². The molecule has 2 aromatic rings. The number of carbonyl (C=O) groups is 6. The second-order valence-electron chi connectivity index (χ2n) is 11.8. The zero-order valence-electron chi connectivity index (χ0n) is 28.9. The zero-order chi connectivity index (χ0) is 35.3. The van der Waals surface area contributed by atoms with E-state index in [0.29, 0.717) is 25.7 Å². The van der Waals surface area contributed by atoms with Crippen LogP contribution in [0.15, 0.2) is 36.4 Å². The molecule has 0 saturated heterocycles. The lowest BCUT2D eigenvalue weighted by atomic mass is 10.0. The number of unbranched alkanes of at least 4 members (excludes halogenated alkanes) is 8. The van der Waals surface area contributed by atoms with Crippen molar-refractivity contribution in [2.45, 2.75) is 130 Å².